The van der Waals surface area contributed by atoms with E-state index in [0.717, 1.165) is 6.42 Å². The normalized spacial score (nSPS) is 11.4. The van der Waals surface area contributed by atoms with Crippen molar-refractivity contribution in [3.63, 3.8) is 0 Å². The van der Waals surface area contributed by atoms with E-state index in [-0.39, 0.29) is 5.41 Å². The molecule has 0 amide bonds. The molecule has 0 saturated carbocycles. The zero-order chi connectivity index (χ0) is 10.6. The number of aromatic nitrogens is 2. The van der Waals surface area contributed by atoms with Gasteiger partial charge in [-0.3, -0.25) is 0 Å². The Morgan fingerprint density at radius 1 is 1.36 bits per heavy atom. The highest BCUT2D eigenvalue weighted by atomic mass is 35.5. The van der Waals surface area contributed by atoms with E-state index in [0.29, 0.717) is 17.6 Å². The maximum Gasteiger partial charge on any atom is 0.217 e. The zero-order valence-corrected chi connectivity index (χ0v) is 9.51. The molecule has 0 aliphatic rings. The predicted octanol–water partition coefficient (Wildman–Crippen LogP) is 2.95. The molecule has 0 aromatic carbocycles. The van der Waals surface area contributed by atoms with Gasteiger partial charge in [0.15, 0.2) is 0 Å². The van der Waals surface area contributed by atoms with Crippen LogP contribution in [0.15, 0.2) is 12.4 Å². The molecule has 0 saturated heterocycles. The monoisotopic (exact) mass is 214 g/mol. The van der Waals surface area contributed by atoms with E-state index in [1.54, 1.807) is 6.07 Å². The van der Waals surface area contributed by atoms with Gasteiger partial charge in [-0.2, -0.15) is 0 Å². The molecule has 0 radical (unpaired) electrons. The summed E-state index contributed by atoms with van der Waals surface area (Å²) < 4.78 is 5.43. The third-order valence-corrected chi connectivity index (χ3v) is 1.92. The molecule has 0 aliphatic heterocycles. The van der Waals surface area contributed by atoms with Gasteiger partial charge in [0.2, 0.25) is 5.88 Å². The smallest absolute Gasteiger partial charge is 0.217 e. The lowest BCUT2D eigenvalue weighted by molar-refractivity contribution is 0.236. The lowest BCUT2D eigenvalue weighted by Gasteiger charge is -2.17. The molecule has 3 nitrogen and oxygen atoms in total. The number of hydrogen-bond acceptors (Lipinski definition) is 3. The number of halogens is 1. The molecular weight excluding hydrogens is 200 g/mol. The van der Waals surface area contributed by atoms with Gasteiger partial charge in [0.25, 0.3) is 0 Å². The van der Waals surface area contributed by atoms with Crippen molar-refractivity contribution >= 4 is 11.6 Å². The lowest BCUT2D eigenvalue weighted by Crippen LogP contribution is -2.11. The fourth-order valence-corrected chi connectivity index (χ4v) is 0.995. The van der Waals surface area contributed by atoms with Crippen molar-refractivity contribution in [1.82, 2.24) is 9.97 Å². The standard InChI is InChI=1S/C10H15ClN2O/c1-10(2,3)4-5-14-9-6-8(11)12-7-13-9/h6-7H,4-5H2,1-3H3. The second kappa shape index (κ2) is 4.60. The molecule has 0 atom stereocenters. The van der Waals surface area contributed by atoms with Crippen molar-refractivity contribution < 1.29 is 4.74 Å². The van der Waals surface area contributed by atoms with Gasteiger partial charge in [-0.05, 0) is 11.8 Å². The number of hydrogen-bond donors (Lipinski definition) is 0. The fraction of sp³-hybridized carbons (Fsp3) is 0.600. The molecule has 1 rings (SSSR count). The number of rotatable bonds is 3. The highest BCUT2D eigenvalue weighted by molar-refractivity contribution is 6.29. The summed E-state index contributed by atoms with van der Waals surface area (Å²) >= 11 is 5.68. The minimum Gasteiger partial charge on any atom is -0.478 e. The van der Waals surface area contributed by atoms with E-state index in [2.05, 4.69) is 30.7 Å². The maximum absolute atomic E-state index is 5.68. The molecule has 0 spiro atoms. The zero-order valence-electron chi connectivity index (χ0n) is 8.75. The average molecular weight is 215 g/mol. The van der Waals surface area contributed by atoms with Gasteiger partial charge in [-0.25, -0.2) is 9.97 Å². The first-order chi connectivity index (χ1) is 6.47. The average Bonchev–Trinajstić information content (AvgIpc) is 2.01. The van der Waals surface area contributed by atoms with Crippen LogP contribution in [0.3, 0.4) is 0 Å². The Bertz CT molecular complexity index is 296. The summed E-state index contributed by atoms with van der Waals surface area (Å²) in [6.07, 6.45) is 2.38. The fourth-order valence-electron chi connectivity index (χ4n) is 0.858. The van der Waals surface area contributed by atoms with Crippen LogP contribution < -0.4 is 4.74 Å². The first-order valence-corrected chi connectivity index (χ1v) is 4.95. The van der Waals surface area contributed by atoms with E-state index >= 15 is 0 Å². The van der Waals surface area contributed by atoms with Gasteiger partial charge in [-0.15, -0.1) is 0 Å². The van der Waals surface area contributed by atoms with Crippen molar-refractivity contribution in [3.8, 4) is 5.88 Å². The molecule has 14 heavy (non-hydrogen) atoms. The molecule has 78 valence electrons. The van der Waals surface area contributed by atoms with Gasteiger partial charge in [0.1, 0.15) is 11.5 Å². The summed E-state index contributed by atoms with van der Waals surface area (Å²) in [5, 5.41) is 0.408. The molecule has 0 N–H and O–H groups in total. The Hall–Kier alpha value is -0.830. The third-order valence-electron chi connectivity index (χ3n) is 1.71. The maximum atomic E-state index is 5.68. The summed E-state index contributed by atoms with van der Waals surface area (Å²) in [5.74, 6) is 0.536. The number of ether oxygens (including phenoxy) is 1. The SMILES string of the molecule is CC(C)(C)CCOc1cc(Cl)ncn1. The van der Waals surface area contributed by atoms with Gasteiger partial charge >= 0.3 is 0 Å². The van der Waals surface area contributed by atoms with Crippen LogP contribution in [-0.2, 0) is 0 Å². The molecule has 4 heteroatoms. The molecule has 0 fully saturated rings. The number of nitrogens with zero attached hydrogens (tertiary/aromatic N) is 2. The summed E-state index contributed by atoms with van der Waals surface area (Å²) in [6.45, 7) is 7.16. The van der Waals surface area contributed by atoms with Crippen molar-refractivity contribution in [2.75, 3.05) is 6.61 Å². The van der Waals surface area contributed by atoms with Gasteiger partial charge in [0.05, 0.1) is 6.61 Å². The molecule has 1 aromatic heterocycles. The lowest BCUT2D eigenvalue weighted by atomic mass is 9.93. The van der Waals surface area contributed by atoms with Crippen LogP contribution in [0, 0.1) is 5.41 Å². The summed E-state index contributed by atoms with van der Waals surface area (Å²) in [7, 11) is 0. The predicted molar refractivity (Wildman–Crippen MR) is 56.6 cm³/mol. The van der Waals surface area contributed by atoms with Crippen LogP contribution in [0.25, 0.3) is 0 Å². The van der Waals surface area contributed by atoms with Crippen LogP contribution in [0.2, 0.25) is 5.15 Å². The summed E-state index contributed by atoms with van der Waals surface area (Å²) in [6, 6.07) is 1.62. The van der Waals surface area contributed by atoms with E-state index < -0.39 is 0 Å². The van der Waals surface area contributed by atoms with Gasteiger partial charge < -0.3 is 4.74 Å². The van der Waals surface area contributed by atoms with Crippen LogP contribution in [0.5, 0.6) is 5.88 Å². The van der Waals surface area contributed by atoms with Gasteiger partial charge in [0, 0.05) is 6.07 Å². The second-order valence-electron chi connectivity index (χ2n) is 4.34. The van der Waals surface area contributed by atoms with E-state index in [1.165, 1.54) is 6.33 Å². The second-order valence-corrected chi connectivity index (χ2v) is 4.73. The molecule has 0 aliphatic carbocycles. The van der Waals surface area contributed by atoms with Crippen LogP contribution in [0.4, 0.5) is 0 Å². The van der Waals surface area contributed by atoms with E-state index in [4.69, 9.17) is 16.3 Å². The van der Waals surface area contributed by atoms with Crippen LogP contribution in [0.1, 0.15) is 27.2 Å². The molecule has 0 bridgehead atoms. The third kappa shape index (κ3) is 4.42. The quantitative estimate of drug-likeness (QED) is 0.726. The van der Waals surface area contributed by atoms with Crippen molar-refractivity contribution in [1.29, 1.82) is 0 Å². The summed E-state index contributed by atoms with van der Waals surface area (Å²) in [4.78, 5) is 7.71. The molecule has 1 heterocycles. The van der Waals surface area contributed by atoms with E-state index in [9.17, 15) is 0 Å². The van der Waals surface area contributed by atoms with Crippen molar-refractivity contribution in [3.05, 3.63) is 17.5 Å². The Labute approximate surface area is 89.5 Å². The van der Waals surface area contributed by atoms with Crippen molar-refractivity contribution in [2.24, 2.45) is 5.41 Å². The Morgan fingerprint density at radius 2 is 2.07 bits per heavy atom. The molecule has 1 aromatic rings. The molecule has 0 unspecified atom stereocenters. The molecular formula is C10H15ClN2O. The highest BCUT2D eigenvalue weighted by Crippen LogP contribution is 2.19. The Morgan fingerprint density at radius 3 is 2.64 bits per heavy atom. The topological polar surface area (TPSA) is 35.0 Å². The van der Waals surface area contributed by atoms with Gasteiger partial charge in [-0.1, -0.05) is 32.4 Å². The van der Waals surface area contributed by atoms with Crippen LogP contribution in [-0.4, -0.2) is 16.6 Å². The largest absolute Gasteiger partial charge is 0.478 e. The Kier molecular flexibility index (Phi) is 3.69. The Balaban J connectivity index is 2.39. The van der Waals surface area contributed by atoms with Crippen molar-refractivity contribution in [2.45, 2.75) is 27.2 Å². The van der Waals surface area contributed by atoms with E-state index in [1.807, 2.05) is 0 Å². The first-order valence-electron chi connectivity index (χ1n) is 4.58. The first kappa shape index (κ1) is 11.2. The highest BCUT2D eigenvalue weighted by Gasteiger charge is 2.10. The van der Waals surface area contributed by atoms with Crippen LogP contribution >= 0.6 is 11.6 Å². The minimum absolute atomic E-state index is 0.275. The minimum atomic E-state index is 0.275. The summed E-state index contributed by atoms with van der Waals surface area (Å²) in [5.41, 5.74) is 0.275.